The number of hydrogen-bond donors (Lipinski definition) is 1. The van der Waals surface area contributed by atoms with Crippen LogP contribution < -0.4 is 5.32 Å². The summed E-state index contributed by atoms with van der Waals surface area (Å²) in [7, 11) is 2.24. The Labute approximate surface area is 130 Å². The van der Waals surface area contributed by atoms with Crippen molar-refractivity contribution >= 4 is 0 Å². The van der Waals surface area contributed by atoms with Crippen molar-refractivity contribution in [2.45, 2.75) is 70.0 Å². The zero-order chi connectivity index (χ0) is 15.3. The van der Waals surface area contributed by atoms with E-state index < -0.39 is 0 Å². The number of rotatable bonds is 5. The van der Waals surface area contributed by atoms with Gasteiger partial charge in [0.15, 0.2) is 0 Å². The number of hydrogen-bond acceptors (Lipinski definition) is 4. The van der Waals surface area contributed by atoms with E-state index in [0.717, 1.165) is 25.8 Å². The molecule has 1 aliphatic heterocycles. The molecular weight excluding hydrogens is 260 g/mol. The summed E-state index contributed by atoms with van der Waals surface area (Å²) in [5, 5.41) is 13.2. The molecule has 1 saturated carbocycles. The first-order chi connectivity index (χ1) is 10.1. The highest BCUT2D eigenvalue weighted by molar-refractivity contribution is 5.13. The van der Waals surface area contributed by atoms with Crippen molar-refractivity contribution < 1.29 is 0 Å². The van der Waals surface area contributed by atoms with E-state index in [1.54, 1.807) is 0 Å². The zero-order valence-corrected chi connectivity index (χ0v) is 14.1. The molecule has 2 rings (SSSR count). The van der Waals surface area contributed by atoms with Crippen molar-refractivity contribution in [1.29, 1.82) is 5.26 Å². The summed E-state index contributed by atoms with van der Waals surface area (Å²) < 4.78 is 0. The summed E-state index contributed by atoms with van der Waals surface area (Å²) in [5.41, 5.74) is -0.267. The summed E-state index contributed by atoms with van der Waals surface area (Å²) in [6.07, 6.45) is 6.75. The standard InChI is InChI=1S/C17H32N4/c1-4-9-19-17(14-18)8-7-16(12-17)21-11-6-10-20(3)13-15(21)5-2/h15-16,19H,4-13H2,1-3H3. The minimum atomic E-state index is -0.267. The summed E-state index contributed by atoms with van der Waals surface area (Å²) in [6.45, 7) is 9.01. The summed E-state index contributed by atoms with van der Waals surface area (Å²) in [4.78, 5) is 5.19. The normalized spacial score (nSPS) is 35.5. The van der Waals surface area contributed by atoms with Crippen LogP contribution in [0.4, 0.5) is 0 Å². The molecule has 0 amide bonds. The Kier molecular flexibility index (Phi) is 6.04. The van der Waals surface area contributed by atoms with Crippen LogP contribution in [0.25, 0.3) is 0 Å². The van der Waals surface area contributed by atoms with Gasteiger partial charge in [0.2, 0.25) is 0 Å². The molecule has 0 aromatic rings. The maximum Gasteiger partial charge on any atom is 0.108 e. The fraction of sp³-hybridized carbons (Fsp3) is 0.941. The van der Waals surface area contributed by atoms with Crippen LogP contribution in [0, 0.1) is 11.3 Å². The van der Waals surface area contributed by atoms with Crippen LogP contribution in [0.5, 0.6) is 0 Å². The Morgan fingerprint density at radius 3 is 2.81 bits per heavy atom. The predicted octanol–water partition coefficient (Wildman–Crippen LogP) is 2.22. The van der Waals surface area contributed by atoms with Gasteiger partial charge in [0, 0.05) is 18.6 Å². The van der Waals surface area contributed by atoms with E-state index in [-0.39, 0.29) is 5.54 Å². The van der Waals surface area contributed by atoms with Crippen molar-refractivity contribution in [2.24, 2.45) is 0 Å². The first-order valence-electron chi connectivity index (χ1n) is 8.74. The number of likely N-dealkylation sites (N-methyl/N-ethyl adjacent to an activating group) is 1. The van der Waals surface area contributed by atoms with Gasteiger partial charge in [0.25, 0.3) is 0 Å². The van der Waals surface area contributed by atoms with Crippen LogP contribution in [0.2, 0.25) is 0 Å². The molecule has 1 N–H and O–H groups in total. The maximum absolute atomic E-state index is 9.64. The van der Waals surface area contributed by atoms with Gasteiger partial charge in [-0.05, 0) is 65.2 Å². The minimum absolute atomic E-state index is 0.267. The third-order valence-corrected chi connectivity index (χ3v) is 5.30. The van der Waals surface area contributed by atoms with Gasteiger partial charge in [-0.2, -0.15) is 5.26 Å². The SMILES string of the molecule is CCCNC1(C#N)CCC(N2CCCN(C)CC2CC)C1. The van der Waals surface area contributed by atoms with E-state index in [1.807, 2.05) is 0 Å². The lowest BCUT2D eigenvalue weighted by Gasteiger charge is -2.36. The molecule has 0 aromatic carbocycles. The molecule has 2 aliphatic rings. The van der Waals surface area contributed by atoms with E-state index in [0.29, 0.717) is 12.1 Å². The van der Waals surface area contributed by atoms with E-state index in [2.05, 4.69) is 42.1 Å². The Hall–Kier alpha value is -0.630. The van der Waals surface area contributed by atoms with Crippen molar-refractivity contribution in [3.63, 3.8) is 0 Å². The van der Waals surface area contributed by atoms with Gasteiger partial charge in [0.05, 0.1) is 6.07 Å². The van der Waals surface area contributed by atoms with E-state index in [9.17, 15) is 5.26 Å². The van der Waals surface area contributed by atoms with E-state index >= 15 is 0 Å². The van der Waals surface area contributed by atoms with Crippen molar-refractivity contribution in [3.8, 4) is 6.07 Å². The highest BCUT2D eigenvalue weighted by Crippen LogP contribution is 2.34. The molecule has 0 aromatic heterocycles. The second-order valence-corrected chi connectivity index (χ2v) is 6.93. The molecule has 0 radical (unpaired) electrons. The molecule has 3 unspecified atom stereocenters. The number of nitriles is 1. The molecule has 1 heterocycles. The maximum atomic E-state index is 9.64. The molecule has 0 bridgehead atoms. The third kappa shape index (κ3) is 3.97. The highest BCUT2D eigenvalue weighted by atomic mass is 15.3. The van der Waals surface area contributed by atoms with Gasteiger partial charge in [-0.3, -0.25) is 10.2 Å². The number of nitrogens with zero attached hydrogens (tertiary/aromatic N) is 3. The molecule has 1 saturated heterocycles. The molecular formula is C17H32N4. The average Bonchev–Trinajstić information content (AvgIpc) is 2.83. The molecule has 2 fully saturated rings. The van der Waals surface area contributed by atoms with Gasteiger partial charge in [0.1, 0.15) is 5.54 Å². The van der Waals surface area contributed by atoms with Gasteiger partial charge >= 0.3 is 0 Å². The van der Waals surface area contributed by atoms with Crippen molar-refractivity contribution in [2.75, 3.05) is 33.2 Å². The first-order valence-corrected chi connectivity index (χ1v) is 8.74. The van der Waals surface area contributed by atoms with Gasteiger partial charge in [-0.25, -0.2) is 0 Å². The lowest BCUT2D eigenvalue weighted by atomic mass is 9.98. The minimum Gasteiger partial charge on any atom is -0.305 e. The fourth-order valence-electron chi connectivity index (χ4n) is 4.07. The second kappa shape index (κ2) is 7.58. The number of nitrogens with one attached hydrogen (secondary N) is 1. The smallest absolute Gasteiger partial charge is 0.108 e. The molecule has 4 nitrogen and oxygen atoms in total. The van der Waals surface area contributed by atoms with Gasteiger partial charge < -0.3 is 4.90 Å². The topological polar surface area (TPSA) is 42.3 Å². The Morgan fingerprint density at radius 1 is 1.33 bits per heavy atom. The first kappa shape index (κ1) is 16.7. The van der Waals surface area contributed by atoms with Crippen LogP contribution >= 0.6 is 0 Å². The zero-order valence-electron chi connectivity index (χ0n) is 14.1. The summed E-state index contributed by atoms with van der Waals surface area (Å²) in [6, 6.07) is 3.83. The predicted molar refractivity (Wildman–Crippen MR) is 87.2 cm³/mol. The van der Waals surface area contributed by atoms with E-state index in [1.165, 1.54) is 38.9 Å². The van der Waals surface area contributed by atoms with Crippen LogP contribution in [-0.4, -0.2) is 60.6 Å². The van der Waals surface area contributed by atoms with Crippen LogP contribution in [-0.2, 0) is 0 Å². The quantitative estimate of drug-likeness (QED) is 0.844. The summed E-state index contributed by atoms with van der Waals surface area (Å²) in [5.74, 6) is 0. The molecule has 21 heavy (non-hydrogen) atoms. The Balaban J connectivity index is 2.02. The monoisotopic (exact) mass is 292 g/mol. The van der Waals surface area contributed by atoms with Crippen molar-refractivity contribution in [1.82, 2.24) is 15.1 Å². The molecule has 120 valence electrons. The van der Waals surface area contributed by atoms with E-state index in [4.69, 9.17) is 0 Å². The largest absolute Gasteiger partial charge is 0.305 e. The molecule has 3 atom stereocenters. The average molecular weight is 292 g/mol. The highest BCUT2D eigenvalue weighted by Gasteiger charge is 2.42. The van der Waals surface area contributed by atoms with Crippen molar-refractivity contribution in [3.05, 3.63) is 0 Å². The Morgan fingerprint density at radius 2 is 2.14 bits per heavy atom. The molecule has 1 aliphatic carbocycles. The van der Waals surface area contributed by atoms with Crippen LogP contribution in [0.3, 0.4) is 0 Å². The van der Waals surface area contributed by atoms with Gasteiger partial charge in [-0.1, -0.05) is 13.8 Å². The lowest BCUT2D eigenvalue weighted by molar-refractivity contribution is 0.126. The summed E-state index contributed by atoms with van der Waals surface area (Å²) >= 11 is 0. The second-order valence-electron chi connectivity index (χ2n) is 6.93. The molecule has 0 spiro atoms. The lowest BCUT2D eigenvalue weighted by Crippen LogP contribution is -2.48. The Bertz CT molecular complexity index is 364. The third-order valence-electron chi connectivity index (χ3n) is 5.30. The van der Waals surface area contributed by atoms with Crippen LogP contribution in [0.1, 0.15) is 52.4 Å². The fourth-order valence-corrected chi connectivity index (χ4v) is 4.07. The van der Waals surface area contributed by atoms with Gasteiger partial charge in [-0.15, -0.1) is 0 Å². The molecule has 4 heteroatoms. The van der Waals surface area contributed by atoms with Crippen LogP contribution in [0.15, 0.2) is 0 Å².